The predicted octanol–water partition coefficient (Wildman–Crippen LogP) is 5.46. The lowest BCUT2D eigenvalue weighted by atomic mass is 9.82. The van der Waals surface area contributed by atoms with E-state index in [0.29, 0.717) is 5.75 Å². The molecule has 2 rings (SSSR count). The highest BCUT2D eigenvalue weighted by atomic mass is 79.9. The van der Waals surface area contributed by atoms with Crippen LogP contribution in [-0.2, 0) is 10.2 Å². The van der Waals surface area contributed by atoms with Crippen LogP contribution < -0.4 is 10.1 Å². The van der Waals surface area contributed by atoms with Crippen molar-refractivity contribution in [3.63, 3.8) is 0 Å². The summed E-state index contributed by atoms with van der Waals surface area (Å²) >= 11 is 3.45. The molecule has 0 aliphatic rings. The van der Waals surface area contributed by atoms with Gasteiger partial charge in [-0.05, 0) is 70.1 Å². The summed E-state index contributed by atoms with van der Waals surface area (Å²) in [5.41, 5.74) is 3.29. The fraction of sp³-hybridized carbons (Fsp3) is 0.350. The number of carbonyl (C=O) groups excluding carboxylic acids is 1. The zero-order valence-electron chi connectivity index (χ0n) is 14.7. The molecule has 0 unspecified atom stereocenters. The molecule has 1 N–H and O–H groups in total. The Morgan fingerprint density at radius 2 is 1.83 bits per heavy atom. The smallest absolute Gasteiger partial charge is 0.262 e. The number of nitrogens with one attached hydrogen (secondary N) is 1. The third kappa shape index (κ3) is 4.84. The Hall–Kier alpha value is -1.81. The van der Waals surface area contributed by atoms with Gasteiger partial charge in [-0.2, -0.15) is 0 Å². The standard InChI is InChI=1S/C20H24BrNO2/c1-5-20(3,4)15-7-9-16(10-8-15)24-13-19(23)22-18-11-6-14(2)12-17(18)21/h6-12H,5,13H2,1-4H3,(H,22,23). The van der Waals surface area contributed by atoms with E-state index in [-0.39, 0.29) is 17.9 Å². The summed E-state index contributed by atoms with van der Waals surface area (Å²) in [7, 11) is 0. The topological polar surface area (TPSA) is 38.3 Å². The largest absolute Gasteiger partial charge is 0.484 e. The van der Waals surface area contributed by atoms with E-state index in [1.807, 2.05) is 37.3 Å². The summed E-state index contributed by atoms with van der Waals surface area (Å²) in [6.45, 7) is 8.60. The lowest BCUT2D eigenvalue weighted by molar-refractivity contribution is -0.118. The van der Waals surface area contributed by atoms with Crippen molar-refractivity contribution in [3.05, 3.63) is 58.1 Å². The van der Waals surface area contributed by atoms with Crippen molar-refractivity contribution in [3.8, 4) is 5.75 Å². The molecule has 24 heavy (non-hydrogen) atoms. The normalized spacial score (nSPS) is 11.2. The Morgan fingerprint density at radius 1 is 1.17 bits per heavy atom. The van der Waals surface area contributed by atoms with Gasteiger partial charge < -0.3 is 10.1 Å². The number of carbonyl (C=O) groups is 1. The van der Waals surface area contributed by atoms with Crippen molar-refractivity contribution >= 4 is 27.5 Å². The van der Waals surface area contributed by atoms with Crippen LogP contribution >= 0.6 is 15.9 Å². The Kier molecular flexibility index (Phi) is 6.05. The molecule has 1 amide bonds. The number of anilines is 1. The van der Waals surface area contributed by atoms with Gasteiger partial charge in [-0.1, -0.05) is 39.0 Å². The zero-order valence-corrected chi connectivity index (χ0v) is 16.2. The van der Waals surface area contributed by atoms with Gasteiger partial charge in [-0.3, -0.25) is 4.79 Å². The molecule has 0 spiro atoms. The van der Waals surface area contributed by atoms with Gasteiger partial charge in [-0.25, -0.2) is 0 Å². The van der Waals surface area contributed by atoms with Gasteiger partial charge in [0.05, 0.1) is 5.69 Å². The van der Waals surface area contributed by atoms with Crippen molar-refractivity contribution in [2.45, 2.75) is 39.5 Å². The van der Waals surface area contributed by atoms with E-state index in [1.165, 1.54) is 5.56 Å². The number of benzene rings is 2. The molecule has 0 aliphatic carbocycles. The van der Waals surface area contributed by atoms with Gasteiger partial charge in [0, 0.05) is 4.47 Å². The van der Waals surface area contributed by atoms with Crippen LogP contribution in [0.4, 0.5) is 5.69 Å². The number of hydrogen-bond donors (Lipinski definition) is 1. The first-order chi connectivity index (χ1) is 11.3. The van der Waals surface area contributed by atoms with Crippen LogP contribution in [0.3, 0.4) is 0 Å². The molecule has 0 atom stereocenters. The number of aryl methyl sites for hydroxylation is 1. The minimum atomic E-state index is -0.183. The van der Waals surface area contributed by atoms with Crippen LogP contribution in [0.25, 0.3) is 0 Å². The fourth-order valence-corrected chi connectivity index (χ4v) is 2.86. The van der Waals surface area contributed by atoms with E-state index in [1.54, 1.807) is 0 Å². The third-order valence-corrected chi connectivity index (χ3v) is 4.94. The minimum Gasteiger partial charge on any atom is -0.484 e. The van der Waals surface area contributed by atoms with E-state index >= 15 is 0 Å². The molecule has 0 aromatic heterocycles. The molecule has 128 valence electrons. The SMILES string of the molecule is CCC(C)(C)c1ccc(OCC(=O)Nc2ccc(C)cc2Br)cc1. The Bertz CT molecular complexity index is 708. The maximum Gasteiger partial charge on any atom is 0.262 e. The predicted molar refractivity (Wildman–Crippen MR) is 103 cm³/mol. The number of ether oxygens (including phenoxy) is 1. The summed E-state index contributed by atoms with van der Waals surface area (Å²) in [6, 6.07) is 13.8. The summed E-state index contributed by atoms with van der Waals surface area (Å²) < 4.78 is 6.44. The molecule has 0 fully saturated rings. The van der Waals surface area contributed by atoms with E-state index in [0.717, 1.165) is 22.1 Å². The first-order valence-electron chi connectivity index (χ1n) is 8.11. The van der Waals surface area contributed by atoms with Crippen LogP contribution in [0.2, 0.25) is 0 Å². The second kappa shape index (κ2) is 7.84. The van der Waals surface area contributed by atoms with Gasteiger partial charge in [0.1, 0.15) is 5.75 Å². The van der Waals surface area contributed by atoms with Gasteiger partial charge >= 0.3 is 0 Å². The van der Waals surface area contributed by atoms with Crippen molar-refractivity contribution in [1.29, 1.82) is 0 Å². The average molecular weight is 390 g/mol. The Labute approximate surface area is 152 Å². The minimum absolute atomic E-state index is 0.0170. The maximum absolute atomic E-state index is 12.0. The first-order valence-corrected chi connectivity index (χ1v) is 8.90. The number of hydrogen-bond acceptors (Lipinski definition) is 2. The molecule has 0 saturated heterocycles. The van der Waals surface area contributed by atoms with E-state index in [4.69, 9.17) is 4.74 Å². The number of halogens is 1. The highest BCUT2D eigenvalue weighted by molar-refractivity contribution is 9.10. The molecule has 2 aromatic rings. The van der Waals surface area contributed by atoms with Crippen molar-refractivity contribution < 1.29 is 9.53 Å². The molecular weight excluding hydrogens is 366 g/mol. The van der Waals surface area contributed by atoms with Crippen LogP contribution in [0.15, 0.2) is 46.9 Å². The second-order valence-electron chi connectivity index (χ2n) is 6.58. The maximum atomic E-state index is 12.0. The van der Waals surface area contributed by atoms with Crippen molar-refractivity contribution in [2.75, 3.05) is 11.9 Å². The van der Waals surface area contributed by atoms with E-state index in [2.05, 4.69) is 54.2 Å². The van der Waals surface area contributed by atoms with E-state index < -0.39 is 0 Å². The fourth-order valence-electron chi connectivity index (χ4n) is 2.26. The van der Waals surface area contributed by atoms with E-state index in [9.17, 15) is 4.79 Å². The summed E-state index contributed by atoms with van der Waals surface area (Å²) in [6.07, 6.45) is 1.07. The van der Waals surface area contributed by atoms with Crippen LogP contribution in [0.1, 0.15) is 38.3 Å². The summed E-state index contributed by atoms with van der Waals surface area (Å²) in [5, 5.41) is 2.84. The Morgan fingerprint density at radius 3 is 2.42 bits per heavy atom. The highest BCUT2D eigenvalue weighted by Gasteiger charge is 2.17. The monoisotopic (exact) mass is 389 g/mol. The molecule has 3 nitrogen and oxygen atoms in total. The highest BCUT2D eigenvalue weighted by Crippen LogP contribution is 2.28. The lowest BCUT2D eigenvalue weighted by Gasteiger charge is -2.23. The summed E-state index contributed by atoms with van der Waals surface area (Å²) in [5.74, 6) is 0.515. The molecule has 0 bridgehead atoms. The molecule has 0 heterocycles. The number of amides is 1. The Balaban J connectivity index is 1.92. The molecule has 4 heteroatoms. The van der Waals surface area contributed by atoms with Crippen LogP contribution in [0.5, 0.6) is 5.75 Å². The van der Waals surface area contributed by atoms with Gasteiger partial charge in [0.25, 0.3) is 5.91 Å². The summed E-state index contributed by atoms with van der Waals surface area (Å²) in [4.78, 5) is 12.0. The third-order valence-electron chi connectivity index (χ3n) is 4.29. The van der Waals surface area contributed by atoms with Crippen LogP contribution in [0, 0.1) is 6.92 Å². The second-order valence-corrected chi connectivity index (χ2v) is 7.44. The molecule has 0 aliphatic heterocycles. The van der Waals surface area contributed by atoms with Crippen molar-refractivity contribution in [1.82, 2.24) is 0 Å². The molecule has 0 radical (unpaired) electrons. The number of rotatable bonds is 6. The molecule has 0 saturated carbocycles. The van der Waals surface area contributed by atoms with Gasteiger partial charge in [-0.15, -0.1) is 0 Å². The van der Waals surface area contributed by atoms with Gasteiger partial charge in [0.15, 0.2) is 6.61 Å². The molecule has 2 aromatic carbocycles. The average Bonchev–Trinajstić information content (AvgIpc) is 2.56. The van der Waals surface area contributed by atoms with Crippen LogP contribution in [-0.4, -0.2) is 12.5 Å². The zero-order chi connectivity index (χ0) is 17.7. The molecular formula is C20H24BrNO2. The van der Waals surface area contributed by atoms with Gasteiger partial charge in [0.2, 0.25) is 0 Å². The quantitative estimate of drug-likeness (QED) is 0.711. The van der Waals surface area contributed by atoms with Crippen molar-refractivity contribution in [2.24, 2.45) is 0 Å². The first kappa shape index (κ1) is 18.5. The lowest BCUT2D eigenvalue weighted by Crippen LogP contribution is -2.20.